The summed E-state index contributed by atoms with van der Waals surface area (Å²) in [6.07, 6.45) is 4.13. The Morgan fingerprint density at radius 2 is 1.09 bits per heavy atom. The number of ketones is 2. The van der Waals surface area contributed by atoms with Crippen molar-refractivity contribution < 1.29 is 19.2 Å². The molecule has 4 rings (SSSR count). The fraction of sp³-hybridized carbons (Fsp3) is 0.167. The molecule has 2 heterocycles. The van der Waals surface area contributed by atoms with Crippen LogP contribution in [0.25, 0.3) is 21.8 Å². The first-order valence-corrected chi connectivity index (χ1v) is 12.1. The number of aromatic nitrogens is 2. The normalized spacial score (nSPS) is 11.0. The van der Waals surface area contributed by atoms with Gasteiger partial charge < -0.3 is 20.6 Å². The van der Waals surface area contributed by atoms with E-state index in [9.17, 15) is 19.2 Å². The smallest absolute Gasteiger partial charge is 0.292 e. The number of hydrogen-bond donors (Lipinski definition) is 4. The first-order valence-electron chi connectivity index (χ1n) is 10.5. The number of halogens is 2. The van der Waals surface area contributed by atoms with Gasteiger partial charge in [-0.1, -0.05) is 44.0 Å². The lowest BCUT2D eigenvalue weighted by atomic mass is 10.1. The first kappa shape index (κ1) is 23.9. The van der Waals surface area contributed by atoms with Gasteiger partial charge in [0.05, 0.1) is 11.1 Å². The number of carbonyl (C=O) groups excluding carboxylic acids is 4. The van der Waals surface area contributed by atoms with E-state index >= 15 is 0 Å². The molecule has 0 unspecified atom stereocenters. The van der Waals surface area contributed by atoms with E-state index < -0.39 is 23.4 Å². The summed E-state index contributed by atoms with van der Waals surface area (Å²) >= 11 is 6.74. The summed E-state index contributed by atoms with van der Waals surface area (Å²) in [6, 6.07) is 10.8. The lowest BCUT2D eigenvalue weighted by Gasteiger charge is -2.06. The van der Waals surface area contributed by atoms with Crippen LogP contribution >= 0.6 is 31.9 Å². The Kier molecular flexibility index (Phi) is 7.28. The Morgan fingerprint density at radius 1 is 0.676 bits per heavy atom. The molecule has 2 aromatic carbocycles. The lowest BCUT2D eigenvalue weighted by Crippen LogP contribution is -2.33. The molecule has 0 atom stereocenters. The van der Waals surface area contributed by atoms with Crippen molar-refractivity contribution in [2.24, 2.45) is 0 Å². The van der Waals surface area contributed by atoms with E-state index in [4.69, 9.17) is 0 Å². The Labute approximate surface area is 211 Å². The quantitative estimate of drug-likeness (QED) is 0.133. The van der Waals surface area contributed by atoms with Crippen LogP contribution in [0.4, 0.5) is 0 Å². The Hall–Kier alpha value is -3.24. The summed E-state index contributed by atoms with van der Waals surface area (Å²) in [6.45, 7) is 0.555. The highest BCUT2D eigenvalue weighted by molar-refractivity contribution is 9.10. The second-order valence-electron chi connectivity index (χ2n) is 7.66. The van der Waals surface area contributed by atoms with Crippen LogP contribution in [0.5, 0.6) is 0 Å². The molecule has 0 bridgehead atoms. The Morgan fingerprint density at radius 3 is 1.50 bits per heavy atom. The van der Waals surface area contributed by atoms with E-state index in [2.05, 4.69) is 52.5 Å². The summed E-state index contributed by atoms with van der Waals surface area (Å²) in [5.74, 6) is -2.60. The predicted molar refractivity (Wildman–Crippen MR) is 136 cm³/mol. The minimum atomic E-state index is -0.686. The van der Waals surface area contributed by atoms with Gasteiger partial charge in [0.1, 0.15) is 0 Å². The minimum absolute atomic E-state index is 0.277. The number of fused-ring (bicyclic) bond motifs is 2. The average Bonchev–Trinajstić information content (AvgIpc) is 3.43. The van der Waals surface area contributed by atoms with Crippen molar-refractivity contribution in [3.05, 3.63) is 68.9 Å². The van der Waals surface area contributed by atoms with Gasteiger partial charge in [0.15, 0.2) is 0 Å². The van der Waals surface area contributed by atoms with Gasteiger partial charge in [-0.2, -0.15) is 0 Å². The summed E-state index contributed by atoms with van der Waals surface area (Å²) in [5, 5.41) is 6.57. The zero-order valence-electron chi connectivity index (χ0n) is 17.8. The molecular weight excluding hydrogens is 568 g/mol. The number of carbonyl (C=O) groups is 4. The fourth-order valence-corrected chi connectivity index (χ4v) is 4.35. The average molecular weight is 588 g/mol. The molecule has 2 amide bonds. The van der Waals surface area contributed by atoms with Crippen LogP contribution in [0, 0.1) is 0 Å². The first-order chi connectivity index (χ1) is 16.3. The van der Waals surface area contributed by atoms with E-state index in [1.54, 1.807) is 12.1 Å². The third-order valence-electron chi connectivity index (χ3n) is 5.36. The molecule has 0 saturated heterocycles. The van der Waals surface area contributed by atoms with Gasteiger partial charge in [0, 0.05) is 56.2 Å². The highest BCUT2D eigenvalue weighted by Gasteiger charge is 2.21. The summed E-state index contributed by atoms with van der Waals surface area (Å²) in [4.78, 5) is 55.4. The van der Waals surface area contributed by atoms with Crippen molar-refractivity contribution in [2.75, 3.05) is 13.1 Å². The van der Waals surface area contributed by atoms with Crippen molar-refractivity contribution in [3.63, 3.8) is 0 Å². The second kappa shape index (κ2) is 10.4. The fourth-order valence-electron chi connectivity index (χ4n) is 3.63. The van der Waals surface area contributed by atoms with Crippen molar-refractivity contribution in [1.29, 1.82) is 0 Å². The van der Waals surface area contributed by atoms with Gasteiger partial charge >= 0.3 is 0 Å². The standard InChI is InChI=1S/C24H20Br2N4O4/c25-13-3-5-15-17(11-29-19(15)9-13)21(31)23(33)27-7-1-2-8-28-24(34)22(32)18-12-30-20-10-14(26)4-6-16(18)20/h3-6,9-12,29-30H,1-2,7-8H2,(H,27,33)(H,28,34). The molecule has 0 aliphatic carbocycles. The van der Waals surface area contributed by atoms with Crippen LogP contribution < -0.4 is 10.6 Å². The highest BCUT2D eigenvalue weighted by Crippen LogP contribution is 2.23. The van der Waals surface area contributed by atoms with Gasteiger partial charge in [-0.3, -0.25) is 19.2 Å². The number of Topliss-reactive ketones (excluding diaryl/α,β-unsaturated/α-hetero) is 2. The van der Waals surface area contributed by atoms with E-state index in [-0.39, 0.29) is 13.1 Å². The van der Waals surface area contributed by atoms with Crippen LogP contribution in [0.2, 0.25) is 0 Å². The molecule has 2 aromatic heterocycles. The molecule has 34 heavy (non-hydrogen) atoms. The largest absolute Gasteiger partial charge is 0.360 e. The number of benzene rings is 2. The summed E-state index contributed by atoms with van der Waals surface area (Å²) < 4.78 is 1.74. The number of H-pyrrole nitrogens is 2. The molecule has 0 radical (unpaired) electrons. The predicted octanol–water partition coefficient (Wildman–Crippen LogP) is 4.25. The second-order valence-corrected chi connectivity index (χ2v) is 9.49. The number of nitrogens with one attached hydrogen (secondary N) is 4. The van der Waals surface area contributed by atoms with Crippen LogP contribution in [0.3, 0.4) is 0 Å². The number of rotatable bonds is 9. The molecule has 0 saturated carbocycles. The van der Waals surface area contributed by atoms with Gasteiger partial charge in [0.25, 0.3) is 23.4 Å². The zero-order valence-corrected chi connectivity index (χ0v) is 21.0. The van der Waals surface area contributed by atoms with E-state index in [1.807, 2.05) is 24.3 Å². The Balaban J connectivity index is 1.20. The van der Waals surface area contributed by atoms with Crippen molar-refractivity contribution in [2.45, 2.75) is 12.8 Å². The Bertz CT molecular complexity index is 1320. The SMILES string of the molecule is O=C(NCCCCNC(=O)C(=O)c1c[nH]c2cc(Br)ccc12)C(=O)c1c[nH]c2cc(Br)ccc12. The van der Waals surface area contributed by atoms with Crippen LogP contribution in [0.15, 0.2) is 57.7 Å². The molecular formula is C24H20Br2N4O4. The number of amides is 2. The van der Waals surface area contributed by atoms with E-state index in [0.717, 1.165) is 20.0 Å². The van der Waals surface area contributed by atoms with Crippen molar-refractivity contribution in [3.8, 4) is 0 Å². The van der Waals surface area contributed by atoms with Crippen LogP contribution in [0.1, 0.15) is 33.6 Å². The summed E-state index contributed by atoms with van der Waals surface area (Å²) in [7, 11) is 0. The topological polar surface area (TPSA) is 124 Å². The highest BCUT2D eigenvalue weighted by atomic mass is 79.9. The van der Waals surface area contributed by atoms with Gasteiger partial charge in [-0.05, 0) is 37.1 Å². The monoisotopic (exact) mass is 586 g/mol. The molecule has 174 valence electrons. The molecule has 0 aliphatic heterocycles. The molecule has 0 aliphatic rings. The van der Waals surface area contributed by atoms with Crippen molar-refractivity contribution in [1.82, 2.24) is 20.6 Å². The molecule has 4 aromatic rings. The van der Waals surface area contributed by atoms with E-state index in [0.29, 0.717) is 34.7 Å². The number of hydrogen-bond acceptors (Lipinski definition) is 4. The van der Waals surface area contributed by atoms with Gasteiger partial charge in [-0.15, -0.1) is 0 Å². The molecule has 0 spiro atoms. The maximum Gasteiger partial charge on any atom is 0.292 e. The third-order valence-corrected chi connectivity index (χ3v) is 6.35. The molecule has 8 nitrogen and oxygen atoms in total. The van der Waals surface area contributed by atoms with E-state index in [1.165, 1.54) is 12.4 Å². The minimum Gasteiger partial charge on any atom is -0.360 e. The van der Waals surface area contributed by atoms with Crippen LogP contribution in [-0.4, -0.2) is 46.4 Å². The third kappa shape index (κ3) is 5.13. The van der Waals surface area contributed by atoms with Gasteiger partial charge in [-0.25, -0.2) is 0 Å². The van der Waals surface area contributed by atoms with Crippen LogP contribution in [-0.2, 0) is 9.59 Å². The van der Waals surface area contributed by atoms with Crippen molar-refractivity contribution >= 4 is 77.0 Å². The van der Waals surface area contributed by atoms with Gasteiger partial charge in [0.2, 0.25) is 0 Å². The summed E-state index contributed by atoms with van der Waals surface area (Å²) in [5.41, 5.74) is 2.15. The zero-order chi connectivity index (χ0) is 24.2. The number of unbranched alkanes of at least 4 members (excludes halogenated alkanes) is 1. The molecule has 10 heteroatoms. The number of aromatic amines is 2. The maximum atomic E-state index is 12.5. The molecule has 0 fully saturated rings. The molecule has 4 N–H and O–H groups in total. The lowest BCUT2D eigenvalue weighted by molar-refractivity contribution is -0.117. The maximum absolute atomic E-state index is 12.5.